The van der Waals surface area contributed by atoms with Crippen molar-refractivity contribution < 1.29 is 24.2 Å². The molecule has 0 radical (unpaired) electrons. The Morgan fingerprint density at radius 2 is 2.09 bits per heavy atom. The van der Waals surface area contributed by atoms with Gasteiger partial charge in [-0.1, -0.05) is 5.11 Å². The van der Waals surface area contributed by atoms with Gasteiger partial charge in [0.2, 0.25) is 0 Å². The van der Waals surface area contributed by atoms with E-state index in [1.54, 1.807) is 27.7 Å². The van der Waals surface area contributed by atoms with Crippen molar-refractivity contribution in [3.8, 4) is 0 Å². The number of ether oxygens (including phenoxy) is 2. The number of rotatable bonds is 4. The van der Waals surface area contributed by atoms with Crippen LogP contribution in [0.3, 0.4) is 0 Å². The van der Waals surface area contributed by atoms with Crippen molar-refractivity contribution in [2.24, 2.45) is 11.0 Å². The first-order valence-electron chi connectivity index (χ1n) is 7.08. The molecule has 0 saturated heterocycles. The molecule has 0 unspecified atom stereocenters. The summed E-state index contributed by atoms with van der Waals surface area (Å²) in [5, 5.41) is 16.1. The molecule has 1 aliphatic carbocycles. The average Bonchev–Trinajstić information content (AvgIpc) is 2.66. The van der Waals surface area contributed by atoms with Crippen LogP contribution in [0.4, 0.5) is 4.79 Å². The molecule has 0 spiro atoms. The topological polar surface area (TPSA) is 134 Å². The van der Waals surface area contributed by atoms with E-state index in [1.165, 1.54) is 0 Å². The molecule has 1 aliphatic rings. The Hall–Kier alpha value is -1.99. The zero-order valence-electron chi connectivity index (χ0n) is 13.1. The summed E-state index contributed by atoms with van der Waals surface area (Å²) in [5.41, 5.74) is 7.91. The summed E-state index contributed by atoms with van der Waals surface area (Å²) in [6.07, 6.45) is -1.80. The first-order chi connectivity index (χ1) is 10.2. The van der Waals surface area contributed by atoms with E-state index < -0.39 is 41.8 Å². The summed E-state index contributed by atoms with van der Waals surface area (Å²) in [6.45, 7) is 6.96. The smallest absolute Gasteiger partial charge is 0.407 e. The molecular weight excluding hydrogens is 292 g/mol. The van der Waals surface area contributed by atoms with Gasteiger partial charge >= 0.3 is 12.1 Å². The Labute approximate surface area is 128 Å². The van der Waals surface area contributed by atoms with Gasteiger partial charge in [-0.3, -0.25) is 4.79 Å². The second-order valence-electron chi connectivity index (χ2n) is 6.03. The van der Waals surface area contributed by atoms with Crippen molar-refractivity contribution in [1.29, 1.82) is 0 Å². The highest BCUT2D eigenvalue weighted by Crippen LogP contribution is 2.30. The van der Waals surface area contributed by atoms with Crippen LogP contribution in [0.1, 0.15) is 34.1 Å². The molecule has 1 rings (SSSR count). The minimum atomic E-state index is -1.21. The molecular formula is C13H22N4O5. The summed E-state index contributed by atoms with van der Waals surface area (Å²) >= 11 is 0. The lowest BCUT2D eigenvalue weighted by Crippen LogP contribution is -2.44. The second-order valence-corrected chi connectivity index (χ2v) is 6.03. The van der Waals surface area contributed by atoms with Gasteiger partial charge in [0.05, 0.1) is 24.7 Å². The maximum absolute atomic E-state index is 11.8. The van der Waals surface area contributed by atoms with Crippen LogP contribution < -0.4 is 5.32 Å². The molecule has 0 bridgehead atoms. The van der Waals surface area contributed by atoms with Crippen LogP contribution in [0, 0.1) is 5.92 Å². The van der Waals surface area contributed by atoms with Crippen LogP contribution in [0.2, 0.25) is 0 Å². The number of hydrogen-bond acceptors (Lipinski definition) is 6. The lowest BCUT2D eigenvalue weighted by Gasteiger charge is -2.23. The summed E-state index contributed by atoms with van der Waals surface area (Å²) in [7, 11) is 0. The summed E-state index contributed by atoms with van der Waals surface area (Å²) in [4.78, 5) is 26.3. The number of esters is 1. The third-order valence-electron chi connectivity index (χ3n) is 3.16. The van der Waals surface area contributed by atoms with Crippen LogP contribution in [-0.4, -0.2) is 47.6 Å². The second kappa shape index (κ2) is 7.33. The highest BCUT2D eigenvalue weighted by molar-refractivity contribution is 5.74. The molecule has 9 heteroatoms. The number of aliphatic hydroxyl groups excluding tert-OH is 1. The summed E-state index contributed by atoms with van der Waals surface area (Å²) < 4.78 is 10.0. The Balaban J connectivity index is 2.81. The highest BCUT2D eigenvalue weighted by Gasteiger charge is 2.47. The predicted molar refractivity (Wildman–Crippen MR) is 76.8 cm³/mol. The van der Waals surface area contributed by atoms with Crippen molar-refractivity contribution in [2.45, 2.75) is 57.9 Å². The van der Waals surface area contributed by atoms with Gasteiger partial charge in [-0.2, -0.15) is 0 Å². The van der Waals surface area contributed by atoms with Gasteiger partial charge in [-0.15, -0.1) is 0 Å². The van der Waals surface area contributed by atoms with Gasteiger partial charge in [0, 0.05) is 11.0 Å². The molecule has 9 nitrogen and oxygen atoms in total. The average molecular weight is 314 g/mol. The number of carbonyl (C=O) groups excluding carboxylic acids is 2. The number of nitrogens with one attached hydrogen (secondary N) is 1. The Morgan fingerprint density at radius 1 is 1.45 bits per heavy atom. The number of amides is 1. The van der Waals surface area contributed by atoms with E-state index in [0.717, 1.165) is 0 Å². The highest BCUT2D eigenvalue weighted by atomic mass is 16.6. The fourth-order valence-electron chi connectivity index (χ4n) is 2.33. The lowest BCUT2D eigenvalue weighted by molar-refractivity contribution is -0.151. The van der Waals surface area contributed by atoms with Crippen molar-refractivity contribution in [3.05, 3.63) is 10.4 Å². The minimum absolute atomic E-state index is 0.114. The molecule has 1 amide bonds. The SMILES string of the molecule is CCOC(=O)[C@@H]1C[C@H](NC(=O)OC(C)(C)C)[C@@H](N=[N+]=[N-])[C@@H]1O. The zero-order chi connectivity index (χ0) is 16.9. The molecule has 0 aliphatic heterocycles. The molecule has 0 heterocycles. The van der Waals surface area contributed by atoms with E-state index in [2.05, 4.69) is 15.3 Å². The van der Waals surface area contributed by atoms with Crippen molar-refractivity contribution >= 4 is 12.1 Å². The van der Waals surface area contributed by atoms with Crippen LogP contribution >= 0.6 is 0 Å². The van der Waals surface area contributed by atoms with Gasteiger partial charge in [0.15, 0.2) is 0 Å². The number of aliphatic hydroxyl groups is 1. The van der Waals surface area contributed by atoms with Crippen molar-refractivity contribution in [1.82, 2.24) is 5.32 Å². The van der Waals surface area contributed by atoms with Crippen LogP contribution in [0.25, 0.3) is 10.4 Å². The molecule has 0 aromatic rings. The van der Waals surface area contributed by atoms with Crippen LogP contribution in [0.15, 0.2) is 5.11 Å². The number of alkyl carbamates (subject to hydrolysis) is 1. The fourth-order valence-corrected chi connectivity index (χ4v) is 2.33. The third-order valence-corrected chi connectivity index (χ3v) is 3.16. The predicted octanol–water partition coefficient (Wildman–Crippen LogP) is 1.50. The molecule has 124 valence electrons. The Bertz CT molecular complexity index is 470. The molecule has 1 fully saturated rings. The first kappa shape index (κ1) is 18.1. The minimum Gasteiger partial charge on any atom is -0.466 e. The first-order valence-corrected chi connectivity index (χ1v) is 7.08. The molecule has 22 heavy (non-hydrogen) atoms. The molecule has 4 atom stereocenters. The van der Waals surface area contributed by atoms with Crippen LogP contribution in [0.5, 0.6) is 0 Å². The number of azide groups is 1. The van der Waals surface area contributed by atoms with E-state index in [9.17, 15) is 14.7 Å². The third kappa shape index (κ3) is 4.78. The van der Waals surface area contributed by atoms with Gasteiger partial charge in [-0.25, -0.2) is 4.79 Å². The van der Waals surface area contributed by atoms with E-state index >= 15 is 0 Å². The van der Waals surface area contributed by atoms with E-state index in [4.69, 9.17) is 15.0 Å². The van der Waals surface area contributed by atoms with E-state index in [0.29, 0.717) is 0 Å². The molecule has 0 aromatic heterocycles. The summed E-state index contributed by atoms with van der Waals surface area (Å²) in [6, 6.07) is -1.65. The van der Waals surface area contributed by atoms with E-state index in [-0.39, 0.29) is 13.0 Å². The zero-order valence-corrected chi connectivity index (χ0v) is 13.1. The largest absolute Gasteiger partial charge is 0.466 e. The Kier molecular flexibility index (Phi) is 6.01. The quantitative estimate of drug-likeness (QED) is 0.351. The lowest BCUT2D eigenvalue weighted by atomic mass is 10.1. The van der Waals surface area contributed by atoms with Gasteiger partial charge < -0.3 is 19.9 Å². The van der Waals surface area contributed by atoms with Gasteiger partial charge in [-0.05, 0) is 39.6 Å². The van der Waals surface area contributed by atoms with Gasteiger partial charge in [0.1, 0.15) is 5.60 Å². The monoisotopic (exact) mass is 314 g/mol. The molecule has 2 N–H and O–H groups in total. The Morgan fingerprint density at radius 3 is 2.59 bits per heavy atom. The number of nitrogens with zero attached hydrogens (tertiary/aromatic N) is 3. The number of hydrogen-bond donors (Lipinski definition) is 2. The van der Waals surface area contributed by atoms with Crippen molar-refractivity contribution in [2.75, 3.05) is 6.61 Å². The van der Waals surface area contributed by atoms with Gasteiger partial charge in [0.25, 0.3) is 0 Å². The number of carbonyl (C=O) groups is 2. The van der Waals surface area contributed by atoms with Crippen LogP contribution in [-0.2, 0) is 14.3 Å². The fraction of sp³-hybridized carbons (Fsp3) is 0.846. The van der Waals surface area contributed by atoms with Crippen molar-refractivity contribution in [3.63, 3.8) is 0 Å². The molecule has 0 aromatic carbocycles. The van der Waals surface area contributed by atoms with E-state index in [1.807, 2.05) is 0 Å². The maximum Gasteiger partial charge on any atom is 0.407 e. The maximum atomic E-state index is 11.8. The standard InChI is InChI=1S/C13H22N4O5/c1-5-21-11(19)7-6-8(9(10(7)18)16-17-14)15-12(20)22-13(2,3)4/h7-10,18H,5-6H2,1-4H3,(H,15,20)/t7-,8+,9-,10-/m1/s1. The normalized spacial score (nSPS) is 27.7. The summed E-state index contributed by atoms with van der Waals surface area (Å²) in [5.74, 6) is -1.43. The molecule has 1 saturated carbocycles.